The first-order valence-electron chi connectivity index (χ1n) is 6.52. The van der Waals surface area contributed by atoms with Gasteiger partial charge in [0.15, 0.2) is 5.82 Å². The second kappa shape index (κ2) is 5.88. The first-order chi connectivity index (χ1) is 10.2. The van der Waals surface area contributed by atoms with Crippen LogP contribution in [-0.2, 0) is 6.54 Å². The molecular weight excluding hydrogens is 284 g/mol. The van der Waals surface area contributed by atoms with Crippen LogP contribution in [0.5, 0.6) is 0 Å². The van der Waals surface area contributed by atoms with E-state index < -0.39 is 0 Å². The average Bonchev–Trinajstić information content (AvgIpc) is 3.16. The number of carbonyl (C=O) groups excluding carboxylic acids is 1. The number of amides is 1. The van der Waals surface area contributed by atoms with Gasteiger partial charge in [-0.1, -0.05) is 24.3 Å². The molecule has 2 N–H and O–H groups in total. The van der Waals surface area contributed by atoms with Crippen molar-refractivity contribution in [3.05, 3.63) is 58.0 Å². The van der Waals surface area contributed by atoms with E-state index in [1.807, 2.05) is 48.7 Å². The lowest BCUT2D eigenvalue weighted by atomic mass is 10.1. The van der Waals surface area contributed by atoms with Gasteiger partial charge in [-0.2, -0.15) is 5.10 Å². The summed E-state index contributed by atoms with van der Waals surface area (Å²) in [5.74, 6) is 1.39. The summed E-state index contributed by atoms with van der Waals surface area (Å²) in [5, 5.41) is 11.8. The Morgan fingerprint density at radius 3 is 2.95 bits per heavy atom. The summed E-state index contributed by atoms with van der Waals surface area (Å²) in [4.78, 5) is 16.9. The van der Waals surface area contributed by atoms with E-state index in [2.05, 4.69) is 20.5 Å². The van der Waals surface area contributed by atoms with Gasteiger partial charge >= 0.3 is 0 Å². The predicted octanol–water partition coefficient (Wildman–Crippen LogP) is 2.77. The van der Waals surface area contributed by atoms with Gasteiger partial charge in [0.05, 0.1) is 4.88 Å². The maximum absolute atomic E-state index is 11.9. The number of benzene rings is 1. The summed E-state index contributed by atoms with van der Waals surface area (Å²) in [6.07, 6.45) is 0. The van der Waals surface area contributed by atoms with Crippen LogP contribution in [0.2, 0.25) is 0 Å². The summed E-state index contributed by atoms with van der Waals surface area (Å²) in [5.41, 5.74) is 1.95. The molecule has 5 nitrogen and oxygen atoms in total. The van der Waals surface area contributed by atoms with E-state index in [0.717, 1.165) is 21.8 Å². The van der Waals surface area contributed by atoms with Crippen LogP contribution in [0.25, 0.3) is 11.4 Å². The number of thiophene rings is 1. The second-order valence-electron chi connectivity index (χ2n) is 4.60. The predicted molar refractivity (Wildman–Crippen MR) is 82.0 cm³/mol. The van der Waals surface area contributed by atoms with Crippen molar-refractivity contribution in [3.63, 3.8) is 0 Å². The fourth-order valence-electron chi connectivity index (χ4n) is 1.97. The number of rotatable bonds is 4. The maximum atomic E-state index is 11.9. The molecule has 3 rings (SSSR count). The quantitative estimate of drug-likeness (QED) is 0.778. The minimum Gasteiger partial charge on any atom is -0.347 e. The SMILES string of the molecule is Cc1nc(-c2cccc(CNC(=O)c3cccs3)c2)n[nH]1. The molecule has 0 radical (unpaired) electrons. The lowest BCUT2D eigenvalue weighted by molar-refractivity contribution is 0.0955. The molecule has 1 amide bonds. The van der Waals surface area contributed by atoms with Crippen LogP contribution in [0.4, 0.5) is 0 Å². The van der Waals surface area contributed by atoms with E-state index >= 15 is 0 Å². The number of aromatic nitrogens is 3. The molecule has 2 aromatic heterocycles. The Morgan fingerprint density at radius 2 is 2.24 bits per heavy atom. The van der Waals surface area contributed by atoms with Crippen LogP contribution in [0, 0.1) is 6.92 Å². The topological polar surface area (TPSA) is 70.7 Å². The van der Waals surface area contributed by atoms with E-state index in [-0.39, 0.29) is 5.91 Å². The van der Waals surface area contributed by atoms with E-state index in [4.69, 9.17) is 0 Å². The standard InChI is InChI=1S/C15H14N4OS/c1-10-17-14(19-18-10)12-5-2-4-11(8-12)9-16-15(20)13-6-3-7-21-13/h2-8H,9H2,1H3,(H,16,20)(H,17,18,19). The van der Waals surface area contributed by atoms with Crippen molar-refractivity contribution in [2.24, 2.45) is 0 Å². The molecule has 0 aliphatic carbocycles. The van der Waals surface area contributed by atoms with Gasteiger partial charge in [-0.15, -0.1) is 11.3 Å². The fourth-order valence-corrected chi connectivity index (χ4v) is 2.61. The Hall–Kier alpha value is -2.47. The van der Waals surface area contributed by atoms with Crippen molar-refractivity contribution < 1.29 is 4.79 Å². The molecule has 106 valence electrons. The molecule has 6 heteroatoms. The molecule has 0 saturated carbocycles. The normalized spacial score (nSPS) is 10.5. The molecule has 0 saturated heterocycles. The van der Waals surface area contributed by atoms with Crippen LogP contribution < -0.4 is 5.32 Å². The molecule has 2 heterocycles. The van der Waals surface area contributed by atoms with Gasteiger partial charge in [-0.05, 0) is 30.0 Å². The van der Waals surface area contributed by atoms with Gasteiger partial charge in [0.2, 0.25) is 0 Å². The number of H-pyrrole nitrogens is 1. The first kappa shape index (κ1) is 13.5. The van der Waals surface area contributed by atoms with Crippen molar-refractivity contribution in [1.82, 2.24) is 20.5 Å². The zero-order chi connectivity index (χ0) is 14.7. The highest BCUT2D eigenvalue weighted by molar-refractivity contribution is 7.12. The summed E-state index contributed by atoms with van der Waals surface area (Å²) in [6, 6.07) is 11.5. The van der Waals surface area contributed by atoms with Crippen LogP contribution in [0.1, 0.15) is 21.1 Å². The lowest BCUT2D eigenvalue weighted by Gasteiger charge is -2.05. The molecule has 0 bridgehead atoms. The highest BCUT2D eigenvalue weighted by atomic mass is 32.1. The highest BCUT2D eigenvalue weighted by Gasteiger charge is 2.07. The van der Waals surface area contributed by atoms with Crippen LogP contribution in [0.3, 0.4) is 0 Å². The van der Waals surface area contributed by atoms with Gasteiger partial charge in [0.25, 0.3) is 5.91 Å². The third-order valence-electron chi connectivity index (χ3n) is 2.98. The third-order valence-corrected chi connectivity index (χ3v) is 3.85. The monoisotopic (exact) mass is 298 g/mol. The molecule has 1 aromatic carbocycles. The first-order valence-corrected chi connectivity index (χ1v) is 7.40. The minimum absolute atomic E-state index is 0.0517. The number of nitrogens with zero attached hydrogens (tertiary/aromatic N) is 2. The molecule has 0 unspecified atom stereocenters. The molecule has 0 aliphatic heterocycles. The van der Waals surface area contributed by atoms with Crippen LogP contribution in [-0.4, -0.2) is 21.1 Å². The number of aryl methyl sites for hydroxylation is 1. The van der Waals surface area contributed by atoms with E-state index in [9.17, 15) is 4.79 Å². The van der Waals surface area contributed by atoms with Crippen molar-refractivity contribution in [3.8, 4) is 11.4 Å². The largest absolute Gasteiger partial charge is 0.347 e. The molecule has 3 aromatic rings. The third kappa shape index (κ3) is 3.17. The number of hydrogen-bond donors (Lipinski definition) is 2. The molecule has 21 heavy (non-hydrogen) atoms. The molecule has 0 fully saturated rings. The highest BCUT2D eigenvalue weighted by Crippen LogP contribution is 2.16. The van der Waals surface area contributed by atoms with Gasteiger partial charge < -0.3 is 5.32 Å². The van der Waals surface area contributed by atoms with E-state index in [0.29, 0.717) is 12.4 Å². The summed E-state index contributed by atoms with van der Waals surface area (Å²) in [6.45, 7) is 2.34. The summed E-state index contributed by atoms with van der Waals surface area (Å²) < 4.78 is 0. The Morgan fingerprint density at radius 1 is 1.33 bits per heavy atom. The van der Waals surface area contributed by atoms with E-state index in [1.54, 1.807) is 0 Å². The van der Waals surface area contributed by atoms with Gasteiger partial charge in [0.1, 0.15) is 5.82 Å². The zero-order valence-corrected chi connectivity index (χ0v) is 12.3. The fraction of sp³-hybridized carbons (Fsp3) is 0.133. The maximum Gasteiger partial charge on any atom is 0.261 e. The number of nitrogens with one attached hydrogen (secondary N) is 2. The molecule has 0 spiro atoms. The average molecular weight is 298 g/mol. The Labute approximate surface area is 126 Å². The van der Waals surface area contributed by atoms with Crippen molar-refractivity contribution in [2.75, 3.05) is 0 Å². The number of aromatic amines is 1. The Balaban J connectivity index is 1.70. The van der Waals surface area contributed by atoms with Crippen molar-refractivity contribution in [1.29, 1.82) is 0 Å². The second-order valence-corrected chi connectivity index (χ2v) is 5.55. The zero-order valence-electron chi connectivity index (χ0n) is 11.5. The number of carbonyl (C=O) groups is 1. The summed E-state index contributed by atoms with van der Waals surface area (Å²) in [7, 11) is 0. The van der Waals surface area contributed by atoms with E-state index in [1.165, 1.54) is 11.3 Å². The van der Waals surface area contributed by atoms with Gasteiger partial charge in [0, 0.05) is 12.1 Å². The molecular formula is C15H14N4OS. The summed E-state index contributed by atoms with van der Waals surface area (Å²) >= 11 is 1.43. The van der Waals surface area contributed by atoms with Crippen molar-refractivity contribution in [2.45, 2.75) is 13.5 Å². The van der Waals surface area contributed by atoms with Gasteiger partial charge in [-0.3, -0.25) is 9.89 Å². The van der Waals surface area contributed by atoms with Crippen LogP contribution >= 0.6 is 11.3 Å². The van der Waals surface area contributed by atoms with Crippen LogP contribution in [0.15, 0.2) is 41.8 Å². The smallest absolute Gasteiger partial charge is 0.261 e. The Kier molecular flexibility index (Phi) is 3.79. The lowest BCUT2D eigenvalue weighted by Crippen LogP contribution is -2.21. The minimum atomic E-state index is -0.0517. The van der Waals surface area contributed by atoms with Crippen molar-refractivity contribution >= 4 is 17.2 Å². The molecule has 0 atom stereocenters. The number of hydrogen-bond acceptors (Lipinski definition) is 4. The Bertz CT molecular complexity index is 749. The molecule has 0 aliphatic rings. The van der Waals surface area contributed by atoms with Gasteiger partial charge in [-0.25, -0.2) is 4.98 Å².